The molecule has 0 aliphatic carbocycles. The van der Waals surface area contributed by atoms with E-state index >= 15 is 0 Å². The molecule has 0 saturated carbocycles. The number of piperidine rings is 1. The maximum Gasteiger partial charge on any atom is 0.253 e. The molecule has 1 amide bonds. The zero-order valence-corrected chi connectivity index (χ0v) is 26.0. The van der Waals surface area contributed by atoms with Crippen LogP contribution in [-0.4, -0.2) is 67.5 Å². The second-order valence-corrected chi connectivity index (χ2v) is 12.7. The number of aryl methyl sites for hydroxylation is 1. The first-order chi connectivity index (χ1) is 20.4. The third-order valence-corrected chi connectivity index (χ3v) is 8.47. The average molecular weight is 569 g/mol. The van der Waals surface area contributed by atoms with Crippen molar-refractivity contribution in [2.75, 3.05) is 32.7 Å². The maximum atomic E-state index is 13.9. The average Bonchev–Trinajstić information content (AvgIpc) is 3.66. The summed E-state index contributed by atoms with van der Waals surface area (Å²) in [4.78, 5) is 27.8. The number of fused-ring (bicyclic) bond motifs is 1. The van der Waals surface area contributed by atoms with Gasteiger partial charge in [-0.3, -0.25) is 4.79 Å². The van der Waals surface area contributed by atoms with Crippen molar-refractivity contribution in [3.8, 4) is 17.1 Å². The second kappa shape index (κ2) is 14.1. The first-order valence-corrected chi connectivity index (χ1v) is 16.0. The van der Waals surface area contributed by atoms with E-state index < -0.39 is 0 Å². The molecule has 0 unspecified atom stereocenters. The summed E-state index contributed by atoms with van der Waals surface area (Å²) in [7, 11) is 0. The lowest BCUT2D eigenvalue weighted by Gasteiger charge is -2.26. The van der Waals surface area contributed by atoms with Gasteiger partial charge < -0.3 is 18.9 Å². The van der Waals surface area contributed by atoms with E-state index in [2.05, 4.69) is 77.4 Å². The van der Waals surface area contributed by atoms with Gasteiger partial charge in [0.2, 0.25) is 0 Å². The third-order valence-electron chi connectivity index (χ3n) is 8.47. The van der Waals surface area contributed by atoms with E-state index in [0.717, 1.165) is 79.1 Å². The molecule has 5 rings (SSSR count). The van der Waals surface area contributed by atoms with Crippen LogP contribution in [0.2, 0.25) is 0 Å². The molecule has 2 aromatic heterocycles. The van der Waals surface area contributed by atoms with Crippen molar-refractivity contribution < 1.29 is 4.79 Å². The Morgan fingerprint density at radius 1 is 0.905 bits per heavy atom. The van der Waals surface area contributed by atoms with Gasteiger partial charge in [-0.15, -0.1) is 0 Å². The van der Waals surface area contributed by atoms with Crippen molar-refractivity contribution in [1.82, 2.24) is 28.9 Å². The van der Waals surface area contributed by atoms with Gasteiger partial charge in [0.15, 0.2) is 0 Å². The first kappa shape index (κ1) is 30.0. The topological polar surface area (TPSA) is 59.2 Å². The summed E-state index contributed by atoms with van der Waals surface area (Å²) in [5, 5.41) is 0. The van der Waals surface area contributed by atoms with Gasteiger partial charge in [-0.05, 0) is 106 Å². The second-order valence-electron chi connectivity index (χ2n) is 12.7. The van der Waals surface area contributed by atoms with Crippen LogP contribution in [0.3, 0.4) is 0 Å². The molecule has 1 aliphatic rings. The van der Waals surface area contributed by atoms with E-state index in [0.29, 0.717) is 11.8 Å². The summed E-state index contributed by atoms with van der Waals surface area (Å²) in [5.74, 6) is 2.21. The number of likely N-dealkylation sites (tertiary alicyclic amines) is 1. The summed E-state index contributed by atoms with van der Waals surface area (Å²) in [6.07, 6.45) is 12.6. The lowest BCUT2D eigenvalue weighted by Crippen LogP contribution is -2.34. The Morgan fingerprint density at radius 3 is 2.26 bits per heavy atom. The van der Waals surface area contributed by atoms with Gasteiger partial charge in [0.25, 0.3) is 5.91 Å². The Hall–Kier alpha value is -3.45. The van der Waals surface area contributed by atoms with E-state index in [-0.39, 0.29) is 5.91 Å². The zero-order chi connectivity index (χ0) is 29.5. The minimum absolute atomic E-state index is 0.130. The number of hydrogen-bond acceptors (Lipinski definition) is 4. The SMILES string of the molecule is CC(C)CCN(CCC(C)C)C(=O)c1ccc2nc(-c3ccc(-n4ccnc4)cc3)n(CCCN3CCCCC3)c2c1. The molecular weight excluding hydrogens is 520 g/mol. The minimum atomic E-state index is 0.130. The highest BCUT2D eigenvalue weighted by Gasteiger charge is 2.20. The molecule has 3 heterocycles. The number of imidazole rings is 2. The van der Waals surface area contributed by atoms with Gasteiger partial charge in [-0.25, -0.2) is 9.97 Å². The molecule has 7 heteroatoms. The van der Waals surface area contributed by atoms with Gasteiger partial charge >= 0.3 is 0 Å². The largest absolute Gasteiger partial charge is 0.339 e. The van der Waals surface area contributed by atoms with Crippen molar-refractivity contribution in [2.24, 2.45) is 11.8 Å². The first-order valence-electron chi connectivity index (χ1n) is 16.0. The van der Waals surface area contributed by atoms with E-state index in [4.69, 9.17) is 4.98 Å². The van der Waals surface area contributed by atoms with Crippen molar-refractivity contribution in [3.05, 3.63) is 66.7 Å². The van der Waals surface area contributed by atoms with Crippen molar-refractivity contribution >= 4 is 16.9 Å². The molecule has 0 bridgehead atoms. The van der Waals surface area contributed by atoms with Gasteiger partial charge in [-0.2, -0.15) is 0 Å². The van der Waals surface area contributed by atoms with Crippen LogP contribution >= 0.6 is 0 Å². The van der Waals surface area contributed by atoms with Gasteiger partial charge in [-0.1, -0.05) is 34.1 Å². The number of carbonyl (C=O) groups excluding carboxylic acids is 1. The number of carbonyl (C=O) groups is 1. The van der Waals surface area contributed by atoms with E-state index in [1.807, 2.05) is 29.2 Å². The minimum Gasteiger partial charge on any atom is -0.339 e. The molecule has 0 N–H and O–H groups in total. The number of aromatic nitrogens is 4. The molecule has 1 saturated heterocycles. The van der Waals surface area contributed by atoms with Crippen molar-refractivity contribution in [2.45, 2.75) is 72.8 Å². The van der Waals surface area contributed by atoms with Gasteiger partial charge in [0.05, 0.1) is 17.4 Å². The smallest absolute Gasteiger partial charge is 0.253 e. The van der Waals surface area contributed by atoms with Crippen LogP contribution in [0, 0.1) is 11.8 Å². The molecule has 1 aliphatic heterocycles. The Labute approximate surface area is 251 Å². The molecule has 1 fully saturated rings. The molecule has 42 heavy (non-hydrogen) atoms. The van der Waals surface area contributed by atoms with Crippen molar-refractivity contribution in [1.29, 1.82) is 0 Å². The molecule has 0 spiro atoms. The molecule has 0 atom stereocenters. The van der Waals surface area contributed by atoms with Crippen LogP contribution in [0.15, 0.2) is 61.2 Å². The summed E-state index contributed by atoms with van der Waals surface area (Å²) in [6.45, 7) is 14.9. The summed E-state index contributed by atoms with van der Waals surface area (Å²) >= 11 is 0. The van der Waals surface area contributed by atoms with E-state index in [1.54, 1.807) is 6.20 Å². The van der Waals surface area contributed by atoms with Crippen LogP contribution in [0.1, 0.15) is 76.6 Å². The highest BCUT2D eigenvalue weighted by molar-refractivity contribution is 5.98. The summed E-state index contributed by atoms with van der Waals surface area (Å²) in [6, 6.07) is 14.6. The maximum absolute atomic E-state index is 13.9. The highest BCUT2D eigenvalue weighted by Crippen LogP contribution is 2.28. The molecule has 224 valence electrons. The Balaban J connectivity index is 1.45. The molecular formula is C35H48N6O. The fourth-order valence-electron chi connectivity index (χ4n) is 5.86. The molecule has 0 radical (unpaired) electrons. The van der Waals surface area contributed by atoms with Crippen LogP contribution in [0.25, 0.3) is 28.1 Å². The van der Waals surface area contributed by atoms with Gasteiger partial charge in [0.1, 0.15) is 5.82 Å². The number of amides is 1. The standard InChI is InChI=1S/C35H48N6O/c1-27(2)15-22-39(23-16-28(3)4)35(42)30-11-14-32-33(25-30)41(21-8-20-38-18-6-5-7-19-38)34(37-32)29-9-12-31(13-10-29)40-24-17-36-26-40/h9-14,17,24-28H,5-8,15-16,18-23H2,1-4H3. The number of rotatable bonds is 13. The molecule has 7 nitrogen and oxygen atoms in total. The fourth-order valence-corrected chi connectivity index (χ4v) is 5.86. The monoisotopic (exact) mass is 568 g/mol. The Morgan fingerprint density at radius 2 is 1.62 bits per heavy atom. The van der Waals surface area contributed by atoms with E-state index in [1.165, 1.54) is 32.4 Å². The number of hydrogen-bond donors (Lipinski definition) is 0. The number of benzene rings is 2. The van der Waals surface area contributed by atoms with Crippen LogP contribution in [0.5, 0.6) is 0 Å². The van der Waals surface area contributed by atoms with Crippen LogP contribution < -0.4 is 0 Å². The normalized spacial score (nSPS) is 14.3. The lowest BCUT2D eigenvalue weighted by atomic mass is 10.1. The third kappa shape index (κ3) is 7.49. The van der Waals surface area contributed by atoms with Crippen LogP contribution in [0.4, 0.5) is 0 Å². The highest BCUT2D eigenvalue weighted by atomic mass is 16.2. The number of nitrogens with zero attached hydrogens (tertiary/aromatic N) is 6. The van der Waals surface area contributed by atoms with Crippen LogP contribution in [-0.2, 0) is 6.54 Å². The zero-order valence-electron chi connectivity index (χ0n) is 26.0. The molecule has 2 aromatic carbocycles. The summed E-state index contributed by atoms with van der Waals surface area (Å²) < 4.78 is 4.35. The Bertz CT molecular complexity index is 1400. The Kier molecular flexibility index (Phi) is 10.1. The van der Waals surface area contributed by atoms with E-state index in [9.17, 15) is 4.79 Å². The predicted molar refractivity (Wildman–Crippen MR) is 172 cm³/mol. The lowest BCUT2D eigenvalue weighted by molar-refractivity contribution is 0.0741. The fraction of sp³-hybridized carbons (Fsp3) is 0.514. The molecule has 4 aromatic rings. The predicted octanol–water partition coefficient (Wildman–Crippen LogP) is 7.30. The quantitative estimate of drug-likeness (QED) is 0.170. The summed E-state index contributed by atoms with van der Waals surface area (Å²) in [5.41, 5.74) is 4.89. The van der Waals surface area contributed by atoms with Crippen molar-refractivity contribution in [3.63, 3.8) is 0 Å². The van der Waals surface area contributed by atoms with Gasteiger partial charge in [0, 0.05) is 48.8 Å².